The van der Waals surface area contributed by atoms with Crippen LogP contribution in [0.15, 0.2) is 54.6 Å². The van der Waals surface area contributed by atoms with E-state index in [1.54, 1.807) is 36.4 Å². The number of carbonyl (C=O) groups is 4. The first-order valence-corrected chi connectivity index (χ1v) is 18.1. The normalized spacial score (nSPS) is 19.9. The SMILES string of the molecule is CC(=O)Oc1cc(CO)c2c(c1C=Cc1cccc(CCO)c1)C(=O)c1cc(OC3OC(C)C(O)C(O)(O)C3O)c(Cc3cccc(C(N)N)c3C=O)c(O)c1C2=O. The molecule has 2 aliphatic rings. The molecule has 0 bridgehead atoms. The van der Waals surface area contributed by atoms with Crippen molar-refractivity contribution in [2.24, 2.45) is 11.5 Å². The van der Waals surface area contributed by atoms with Crippen molar-refractivity contribution in [2.75, 3.05) is 6.61 Å². The van der Waals surface area contributed by atoms with Gasteiger partial charge in [-0.2, -0.15) is 0 Å². The lowest BCUT2D eigenvalue weighted by atomic mass is 9.77. The van der Waals surface area contributed by atoms with Crippen LogP contribution in [0.5, 0.6) is 17.2 Å². The first-order chi connectivity index (χ1) is 27.5. The Labute approximate surface area is 331 Å². The Morgan fingerprint density at radius 1 is 0.914 bits per heavy atom. The van der Waals surface area contributed by atoms with Gasteiger partial charge in [0.05, 0.1) is 24.4 Å². The van der Waals surface area contributed by atoms with Gasteiger partial charge in [-0.15, -0.1) is 0 Å². The molecule has 1 heterocycles. The molecule has 0 saturated carbocycles. The summed E-state index contributed by atoms with van der Waals surface area (Å²) in [7, 11) is 0. The van der Waals surface area contributed by atoms with Gasteiger partial charge >= 0.3 is 5.97 Å². The lowest BCUT2D eigenvalue weighted by Gasteiger charge is -2.44. The summed E-state index contributed by atoms with van der Waals surface area (Å²) in [5.74, 6) is -7.14. The van der Waals surface area contributed by atoms with Gasteiger partial charge in [-0.3, -0.25) is 19.2 Å². The van der Waals surface area contributed by atoms with Gasteiger partial charge in [-0.1, -0.05) is 48.5 Å². The van der Waals surface area contributed by atoms with Crippen LogP contribution in [-0.4, -0.2) is 96.6 Å². The number of esters is 1. The van der Waals surface area contributed by atoms with Crippen LogP contribution in [0.3, 0.4) is 0 Å². The molecule has 0 radical (unpaired) electrons. The molecule has 1 aliphatic carbocycles. The van der Waals surface area contributed by atoms with Crippen molar-refractivity contribution < 1.29 is 69.1 Å². The second-order valence-corrected chi connectivity index (χ2v) is 14.0. The molecule has 1 saturated heterocycles. The number of ketones is 2. The quantitative estimate of drug-likeness (QED) is 0.0281. The summed E-state index contributed by atoms with van der Waals surface area (Å²) >= 11 is 0. The first-order valence-electron chi connectivity index (χ1n) is 18.1. The number of aliphatic hydroxyl groups is 6. The number of phenolic OH excluding ortho intramolecular Hbond substituents is 1. The van der Waals surface area contributed by atoms with Crippen LogP contribution in [0, 0.1) is 0 Å². The molecule has 11 N–H and O–H groups in total. The van der Waals surface area contributed by atoms with E-state index in [4.69, 9.17) is 25.7 Å². The maximum atomic E-state index is 14.8. The highest BCUT2D eigenvalue weighted by molar-refractivity contribution is 6.31. The number of nitrogens with two attached hydrogens (primary N) is 2. The van der Waals surface area contributed by atoms with Crippen LogP contribution in [-0.2, 0) is 29.0 Å². The number of carbonyl (C=O) groups excluding carboxylic acids is 4. The molecule has 16 nitrogen and oxygen atoms in total. The molecule has 58 heavy (non-hydrogen) atoms. The topological polar surface area (TPSA) is 290 Å². The zero-order chi connectivity index (χ0) is 42.2. The Morgan fingerprint density at radius 2 is 1.64 bits per heavy atom. The summed E-state index contributed by atoms with van der Waals surface area (Å²) in [6, 6.07) is 13.9. The lowest BCUT2D eigenvalue weighted by molar-refractivity contribution is -0.371. The Morgan fingerprint density at radius 3 is 2.29 bits per heavy atom. The Hall–Kier alpha value is -5.66. The van der Waals surface area contributed by atoms with E-state index in [9.17, 15) is 54.9 Å². The fourth-order valence-electron chi connectivity index (χ4n) is 7.25. The molecule has 4 aromatic carbocycles. The van der Waals surface area contributed by atoms with E-state index in [1.807, 2.05) is 0 Å². The zero-order valence-corrected chi connectivity index (χ0v) is 31.3. The van der Waals surface area contributed by atoms with Gasteiger partial charge in [-0.05, 0) is 59.4 Å². The predicted molar refractivity (Wildman–Crippen MR) is 205 cm³/mol. The zero-order valence-electron chi connectivity index (χ0n) is 31.3. The average molecular weight is 799 g/mol. The van der Waals surface area contributed by atoms with Crippen molar-refractivity contribution in [3.63, 3.8) is 0 Å². The third-order valence-electron chi connectivity index (χ3n) is 10.2. The molecule has 16 heteroatoms. The van der Waals surface area contributed by atoms with Crippen molar-refractivity contribution in [1.29, 1.82) is 0 Å². The van der Waals surface area contributed by atoms with Crippen molar-refractivity contribution >= 4 is 36.0 Å². The van der Waals surface area contributed by atoms with Gasteiger partial charge in [-0.25, -0.2) is 0 Å². The fraction of sp³-hybridized carbons (Fsp3) is 0.286. The third kappa shape index (κ3) is 7.68. The van der Waals surface area contributed by atoms with Crippen LogP contribution >= 0.6 is 0 Å². The Bertz CT molecular complexity index is 2340. The smallest absolute Gasteiger partial charge is 0.308 e. The van der Waals surface area contributed by atoms with Gasteiger partial charge in [0.15, 0.2) is 24.0 Å². The van der Waals surface area contributed by atoms with E-state index < -0.39 is 83.3 Å². The number of hydrogen-bond donors (Lipinski definition) is 9. The standard InChI is InChI=1S/C42H42N2O14/c1-19-38(52)42(54,55)39(53)41(56-19)58-31-16-28-34(35(49)27(31)14-23-7-4-8-25(40(43)44)29(23)18-47)37(51)32-24(17-46)15-30(57-20(2)48)26(33(32)36(28)50)10-9-21-5-3-6-22(13-21)11-12-45/h3-10,13,15-16,18-19,38-41,45-46,49,52-55H,11-12,14,17,43-44H2,1-2H3. The van der Waals surface area contributed by atoms with Gasteiger partial charge < -0.3 is 61.4 Å². The molecule has 0 spiro atoms. The molecule has 4 aromatic rings. The minimum absolute atomic E-state index is 0.0326. The van der Waals surface area contributed by atoms with Crippen LogP contribution in [0.2, 0.25) is 0 Å². The number of rotatable bonds is 12. The highest BCUT2D eigenvalue weighted by atomic mass is 16.7. The minimum atomic E-state index is -3.15. The van der Waals surface area contributed by atoms with Crippen molar-refractivity contribution in [3.05, 3.63) is 121 Å². The molecule has 1 aliphatic heterocycles. The molecule has 0 aromatic heterocycles. The molecule has 1 fully saturated rings. The summed E-state index contributed by atoms with van der Waals surface area (Å²) in [5.41, 5.74) is 11.8. The van der Waals surface area contributed by atoms with Crippen LogP contribution in [0.4, 0.5) is 0 Å². The summed E-state index contributed by atoms with van der Waals surface area (Å²) in [6.07, 6.45) is -5.17. The maximum Gasteiger partial charge on any atom is 0.308 e. The number of aliphatic hydroxyl groups excluding tert-OH is 4. The highest BCUT2D eigenvalue weighted by Gasteiger charge is 2.54. The lowest BCUT2D eigenvalue weighted by Crippen LogP contribution is -2.67. The summed E-state index contributed by atoms with van der Waals surface area (Å²) < 4.78 is 17.0. The molecule has 4 atom stereocenters. The Balaban J connectivity index is 1.59. The third-order valence-corrected chi connectivity index (χ3v) is 10.2. The molecule has 304 valence electrons. The second-order valence-electron chi connectivity index (χ2n) is 14.0. The molecular weight excluding hydrogens is 756 g/mol. The molecular formula is C42H42N2O14. The number of hydrogen-bond acceptors (Lipinski definition) is 16. The maximum absolute atomic E-state index is 14.8. The van der Waals surface area contributed by atoms with Crippen LogP contribution < -0.4 is 20.9 Å². The number of aldehydes is 1. The van der Waals surface area contributed by atoms with Crippen LogP contribution in [0.25, 0.3) is 12.2 Å². The highest BCUT2D eigenvalue weighted by Crippen LogP contribution is 2.46. The Kier molecular flexibility index (Phi) is 12.1. The number of ether oxygens (including phenoxy) is 3. The fourth-order valence-corrected chi connectivity index (χ4v) is 7.25. The molecule has 0 amide bonds. The van der Waals surface area contributed by atoms with Gasteiger partial charge in [0.1, 0.15) is 23.4 Å². The number of phenols is 1. The van der Waals surface area contributed by atoms with E-state index in [1.165, 1.54) is 31.2 Å². The second kappa shape index (κ2) is 16.7. The summed E-state index contributed by atoms with van der Waals surface area (Å²) in [5, 5.41) is 74.3. The average Bonchev–Trinajstić information content (AvgIpc) is 3.18. The van der Waals surface area contributed by atoms with Crippen molar-refractivity contribution in [3.8, 4) is 17.2 Å². The van der Waals surface area contributed by atoms with Gasteiger partial charge in [0, 0.05) is 53.3 Å². The van der Waals surface area contributed by atoms with Crippen LogP contribution in [0.1, 0.15) is 101 Å². The van der Waals surface area contributed by atoms with E-state index in [0.717, 1.165) is 18.6 Å². The minimum Gasteiger partial charge on any atom is -0.507 e. The van der Waals surface area contributed by atoms with E-state index in [0.29, 0.717) is 18.3 Å². The van der Waals surface area contributed by atoms with E-state index in [2.05, 4.69) is 0 Å². The van der Waals surface area contributed by atoms with E-state index in [-0.39, 0.29) is 63.3 Å². The first kappa shape index (κ1) is 42.0. The summed E-state index contributed by atoms with van der Waals surface area (Å²) in [4.78, 5) is 54.1. The van der Waals surface area contributed by atoms with Gasteiger partial charge in [0.25, 0.3) is 0 Å². The molecule has 4 unspecified atom stereocenters. The summed E-state index contributed by atoms with van der Waals surface area (Å²) in [6.45, 7) is 1.49. The monoisotopic (exact) mass is 798 g/mol. The van der Waals surface area contributed by atoms with E-state index >= 15 is 0 Å². The number of fused-ring (bicyclic) bond motifs is 2. The van der Waals surface area contributed by atoms with Gasteiger partial charge in [0.2, 0.25) is 12.1 Å². The largest absolute Gasteiger partial charge is 0.507 e. The number of aromatic hydroxyl groups is 1. The predicted octanol–water partition coefficient (Wildman–Crippen LogP) is 1.14. The number of benzene rings is 4. The van der Waals surface area contributed by atoms with Crippen molar-refractivity contribution in [1.82, 2.24) is 0 Å². The molecule has 6 rings (SSSR count). The van der Waals surface area contributed by atoms with Crippen molar-refractivity contribution in [2.45, 2.75) is 69.9 Å².